The van der Waals surface area contributed by atoms with E-state index in [9.17, 15) is 0 Å². The van der Waals surface area contributed by atoms with Crippen molar-refractivity contribution in [2.75, 3.05) is 0 Å². The highest BCUT2D eigenvalue weighted by atomic mass is 14.3. The lowest BCUT2D eigenvalue weighted by molar-refractivity contribution is 0.249. The van der Waals surface area contributed by atoms with Crippen LogP contribution in [0.1, 0.15) is 71.6 Å². The van der Waals surface area contributed by atoms with Crippen molar-refractivity contribution in [3.8, 4) is 0 Å². The maximum absolute atomic E-state index is 2.48. The molecule has 0 heteroatoms. The molecule has 0 aromatic heterocycles. The standard InChI is InChI=1S/C12H24/c1-3-12(2)10-8-6-4-5-7-9-11-12/h3-11H2,1-2H3. The molecule has 0 bridgehead atoms. The molecule has 0 unspecified atom stereocenters. The Bertz CT molecular complexity index is 105. The van der Waals surface area contributed by atoms with Gasteiger partial charge in [-0.15, -0.1) is 0 Å². The van der Waals surface area contributed by atoms with Crippen LogP contribution in [0.15, 0.2) is 0 Å². The predicted octanol–water partition coefficient (Wildman–Crippen LogP) is 4.54. The summed E-state index contributed by atoms with van der Waals surface area (Å²) < 4.78 is 0. The largest absolute Gasteiger partial charge is 0.0649 e. The summed E-state index contributed by atoms with van der Waals surface area (Å²) in [6.45, 7) is 4.84. The highest BCUT2D eigenvalue weighted by molar-refractivity contribution is 4.73. The Morgan fingerprint density at radius 2 is 1.25 bits per heavy atom. The first-order valence-electron chi connectivity index (χ1n) is 5.77. The number of hydrogen-bond donors (Lipinski definition) is 0. The van der Waals surface area contributed by atoms with Crippen LogP contribution < -0.4 is 0 Å². The fourth-order valence-corrected chi connectivity index (χ4v) is 2.29. The average Bonchev–Trinajstić information content (AvgIpc) is 2.18. The SMILES string of the molecule is CCC1(C)CCCCCCCC1. The van der Waals surface area contributed by atoms with Gasteiger partial charge in [-0.25, -0.2) is 0 Å². The summed E-state index contributed by atoms with van der Waals surface area (Å²) in [5.74, 6) is 0. The molecule has 0 radical (unpaired) electrons. The lowest BCUT2D eigenvalue weighted by Crippen LogP contribution is -2.14. The lowest BCUT2D eigenvalue weighted by Gasteiger charge is -2.27. The molecule has 12 heavy (non-hydrogen) atoms. The van der Waals surface area contributed by atoms with Crippen LogP contribution in [-0.4, -0.2) is 0 Å². The summed E-state index contributed by atoms with van der Waals surface area (Å²) >= 11 is 0. The Kier molecular flexibility index (Phi) is 4.11. The Balaban J connectivity index is 2.38. The molecule has 1 rings (SSSR count). The zero-order chi connectivity index (χ0) is 8.86. The Hall–Kier alpha value is 0. The summed E-state index contributed by atoms with van der Waals surface area (Å²) in [6.07, 6.45) is 13.2. The van der Waals surface area contributed by atoms with E-state index in [0.29, 0.717) is 5.41 Å². The van der Waals surface area contributed by atoms with E-state index in [4.69, 9.17) is 0 Å². The molecule has 1 saturated carbocycles. The highest BCUT2D eigenvalue weighted by Gasteiger charge is 2.21. The van der Waals surface area contributed by atoms with E-state index in [0.717, 1.165) is 0 Å². The average molecular weight is 168 g/mol. The minimum Gasteiger partial charge on any atom is -0.0649 e. The van der Waals surface area contributed by atoms with Gasteiger partial charge in [0.2, 0.25) is 0 Å². The van der Waals surface area contributed by atoms with Crippen molar-refractivity contribution < 1.29 is 0 Å². The zero-order valence-electron chi connectivity index (χ0n) is 8.86. The van der Waals surface area contributed by atoms with Crippen molar-refractivity contribution in [2.45, 2.75) is 71.6 Å². The Labute approximate surface area is 77.7 Å². The topological polar surface area (TPSA) is 0 Å². The first-order valence-corrected chi connectivity index (χ1v) is 5.77. The summed E-state index contributed by atoms with van der Waals surface area (Å²) in [4.78, 5) is 0. The Morgan fingerprint density at radius 3 is 1.67 bits per heavy atom. The molecule has 0 amide bonds. The monoisotopic (exact) mass is 168 g/mol. The summed E-state index contributed by atoms with van der Waals surface area (Å²) in [5, 5.41) is 0. The van der Waals surface area contributed by atoms with Crippen molar-refractivity contribution in [1.82, 2.24) is 0 Å². The molecular weight excluding hydrogens is 144 g/mol. The van der Waals surface area contributed by atoms with Crippen LogP contribution in [0.5, 0.6) is 0 Å². The normalized spacial score (nSPS) is 25.5. The molecule has 0 aromatic carbocycles. The summed E-state index contributed by atoms with van der Waals surface area (Å²) in [6, 6.07) is 0. The third kappa shape index (κ3) is 3.16. The fourth-order valence-electron chi connectivity index (χ4n) is 2.29. The van der Waals surface area contributed by atoms with Gasteiger partial charge in [-0.2, -0.15) is 0 Å². The molecular formula is C12H24. The van der Waals surface area contributed by atoms with Gasteiger partial charge in [-0.3, -0.25) is 0 Å². The predicted molar refractivity (Wildman–Crippen MR) is 55.3 cm³/mol. The molecule has 1 aliphatic carbocycles. The second kappa shape index (κ2) is 4.89. The van der Waals surface area contributed by atoms with Crippen LogP contribution in [0.25, 0.3) is 0 Å². The van der Waals surface area contributed by atoms with Crippen molar-refractivity contribution >= 4 is 0 Å². The molecule has 0 nitrogen and oxygen atoms in total. The van der Waals surface area contributed by atoms with E-state index in [1.807, 2.05) is 0 Å². The number of hydrogen-bond acceptors (Lipinski definition) is 0. The van der Waals surface area contributed by atoms with Gasteiger partial charge in [-0.05, 0) is 18.3 Å². The van der Waals surface area contributed by atoms with E-state index in [2.05, 4.69) is 13.8 Å². The van der Waals surface area contributed by atoms with Crippen LogP contribution >= 0.6 is 0 Å². The van der Waals surface area contributed by atoms with Crippen molar-refractivity contribution in [1.29, 1.82) is 0 Å². The van der Waals surface area contributed by atoms with Crippen LogP contribution in [0.4, 0.5) is 0 Å². The quantitative estimate of drug-likeness (QED) is 0.539. The second-order valence-corrected chi connectivity index (χ2v) is 4.79. The minimum absolute atomic E-state index is 0.685. The summed E-state index contributed by atoms with van der Waals surface area (Å²) in [5.41, 5.74) is 0.685. The molecule has 0 heterocycles. The first kappa shape index (κ1) is 10.1. The fraction of sp³-hybridized carbons (Fsp3) is 1.00. The molecule has 0 N–H and O–H groups in total. The maximum Gasteiger partial charge on any atom is -0.0328 e. The first-order chi connectivity index (χ1) is 5.77. The molecule has 0 spiro atoms. The number of rotatable bonds is 1. The molecule has 1 aliphatic rings. The van der Waals surface area contributed by atoms with Gasteiger partial charge in [-0.1, -0.05) is 58.8 Å². The minimum atomic E-state index is 0.685. The molecule has 0 aliphatic heterocycles. The van der Waals surface area contributed by atoms with Gasteiger partial charge in [0, 0.05) is 0 Å². The third-order valence-electron chi connectivity index (χ3n) is 3.66. The van der Waals surface area contributed by atoms with E-state index in [1.54, 1.807) is 0 Å². The molecule has 0 saturated heterocycles. The van der Waals surface area contributed by atoms with Gasteiger partial charge in [0.25, 0.3) is 0 Å². The van der Waals surface area contributed by atoms with Crippen molar-refractivity contribution in [2.24, 2.45) is 5.41 Å². The maximum atomic E-state index is 2.48. The van der Waals surface area contributed by atoms with Gasteiger partial charge in [0.1, 0.15) is 0 Å². The summed E-state index contributed by atoms with van der Waals surface area (Å²) in [7, 11) is 0. The molecule has 0 atom stereocenters. The molecule has 72 valence electrons. The van der Waals surface area contributed by atoms with Gasteiger partial charge < -0.3 is 0 Å². The van der Waals surface area contributed by atoms with Crippen LogP contribution in [-0.2, 0) is 0 Å². The van der Waals surface area contributed by atoms with E-state index in [-0.39, 0.29) is 0 Å². The van der Waals surface area contributed by atoms with Crippen LogP contribution in [0.3, 0.4) is 0 Å². The molecule has 0 aromatic rings. The highest BCUT2D eigenvalue weighted by Crippen LogP contribution is 2.35. The van der Waals surface area contributed by atoms with Crippen molar-refractivity contribution in [3.63, 3.8) is 0 Å². The van der Waals surface area contributed by atoms with Crippen LogP contribution in [0.2, 0.25) is 0 Å². The van der Waals surface area contributed by atoms with E-state index < -0.39 is 0 Å². The van der Waals surface area contributed by atoms with Gasteiger partial charge >= 0.3 is 0 Å². The van der Waals surface area contributed by atoms with Gasteiger partial charge in [0.05, 0.1) is 0 Å². The van der Waals surface area contributed by atoms with Crippen LogP contribution in [0, 0.1) is 5.41 Å². The smallest absolute Gasteiger partial charge is 0.0328 e. The van der Waals surface area contributed by atoms with E-state index in [1.165, 1.54) is 57.8 Å². The van der Waals surface area contributed by atoms with E-state index >= 15 is 0 Å². The van der Waals surface area contributed by atoms with Crippen molar-refractivity contribution in [3.05, 3.63) is 0 Å². The second-order valence-electron chi connectivity index (χ2n) is 4.79. The Morgan fingerprint density at radius 1 is 0.833 bits per heavy atom. The van der Waals surface area contributed by atoms with Gasteiger partial charge in [0.15, 0.2) is 0 Å². The lowest BCUT2D eigenvalue weighted by atomic mass is 9.78. The zero-order valence-corrected chi connectivity index (χ0v) is 8.86. The third-order valence-corrected chi connectivity index (χ3v) is 3.66. The molecule has 1 fully saturated rings.